The number of halogens is 7. The summed E-state index contributed by atoms with van der Waals surface area (Å²) in [4.78, 5) is 0. The SMILES string of the molecule is [Cl-].[Cl-].[Cl-].[Cl-].[Cl][Al]([Cl])[Cl].[Mg+2].[Mg+2]. The first-order chi connectivity index (χ1) is 1.73. The molecular formula is AlCl7Mg2. The van der Waals surface area contributed by atoms with Gasteiger partial charge in [-0.15, -0.1) is 0 Å². The Morgan fingerprint density at radius 2 is 0.600 bits per heavy atom. The molecule has 0 unspecified atom stereocenters. The molecule has 10 heteroatoms. The third-order valence-electron chi connectivity index (χ3n) is 0. The van der Waals surface area contributed by atoms with Crippen LogP contribution in [0.5, 0.6) is 0 Å². The van der Waals surface area contributed by atoms with Crippen LogP contribution in [-0.4, -0.2) is 57.5 Å². The van der Waals surface area contributed by atoms with E-state index >= 15 is 0 Å². The van der Waals surface area contributed by atoms with E-state index in [1.54, 1.807) is 0 Å². The summed E-state index contributed by atoms with van der Waals surface area (Å²) in [5, 5.41) is 0. The van der Waals surface area contributed by atoms with Crippen molar-refractivity contribution in [2.75, 3.05) is 0 Å². The van der Waals surface area contributed by atoms with Gasteiger partial charge in [0, 0.05) is 0 Å². The molecule has 10 heavy (non-hydrogen) atoms. The van der Waals surface area contributed by atoms with Gasteiger partial charge in [-0.1, -0.05) is 0 Å². The van der Waals surface area contributed by atoms with Crippen LogP contribution in [0, 0.1) is 0 Å². The average Bonchev–Trinajstić information content (AvgIpc) is 0.811. The van der Waals surface area contributed by atoms with Gasteiger partial charge >= 0.3 is 57.5 Å². The fourth-order valence-corrected chi connectivity index (χ4v) is 0. The summed E-state index contributed by atoms with van der Waals surface area (Å²) >= 11 is -1.72. The maximum Gasteiger partial charge on any atom is 2.00 e. The molecule has 0 radical (unpaired) electrons. The normalized spacial score (nSPS) is 2.70. The van der Waals surface area contributed by atoms with Crippen molar-refractivity contribution in [3.8, 4) is 0 Å². The standard InChI is InChI=1S/Al.7ClH.2Mg/h;7*1H;;/q+3;;;;;;;;2*+2/p-7. The third kappa shape index (κ3) is 88.8. The van der Waals surface area contributed by atoms with Crippen molar-refractivity contribution in [1.29, 1.82) is 0 Å². The first-order valence-corrected chi connectivity index (χ1v) is 5.89. The molecule has 0 heterocycles. The van der Waals surface area contributed by atoms with Gasteiger partial charge in [0.15, 0.2) is 0 Å². The fraction of sp³-hybridized carbons (Fsp3) is 0. The summed E-state index contributed by atoms with van der Waals surface area (Å²) in [5.74, 6) is 0. The predicted octanol–water partition coefficient (Wildman–Crippen LogP) is -11.1. The molecule has 0 rings (SSSR count). The molecule has 0 aliphatic heterocycles. The predicted molar refractivity (Wildman–Crippen MR) is 34.8 cm³/mol. The van der Waals surface area contributed by atoms with E-state index in [1.807, 2.05) is 0 Å². The van der Waals surface area contributed by atoms with Crippen LogP contribution in [0.2, 0.25) is 0 Å². The number of hydrogen-bond donors (Lipinski definition) is 0. The van der Waals surface area contributed by atoms with Gasteiger partial charge in [-0.25, -0.2) is 30.1 Å². The van der Waals surface area contributed by atoms with Crippen LogP contribution in [-0.2, 0) is 0 Å². The molecule has 0 aromatic heterocycles. The molecule has 0 nitrogen and oxygen atoms in total. The molecular weight excluding hydrogens is 324 g/mol. The number of hydrogen-bond acceptors (Lipinski definition) is 0. The minimum atomic E-state index is -1.72. The summed E-state index contributed by atoms with van der Waals surface area (Å²) in [6.07, 6.45) is 0. The smallest absolute Gasteiger partial charge is 1.00 e. The summed E-state index contributed by atoms with van der Waals surface area (Å²) in [6.45, 7) is 0. The van der Waals surface area contributed by atoms with Crippen molar-refractivity contribution in [1.82, 2.24) is 0 Å². The van der Waals surface area contributed by atoms with E-state index in [4.69, 9.17) is 30.1 Å². The first-order valence-electron chi connectivity index (χ1n) is 0.655. The number of rotatable bonds is 0. The van der Waals surface area contributed by atoms with E-state index in [-0.39, 0.29) is 95.7 Å². The van der Waals surface area contributed by atoms with Gasteiger partial charge in [-0.05, 0) is 0 Å². The van der Waals surface area contributed by atoms with Gasteiger partial charge in [0.05, 0.1) is 0 Å². The molecule has 0 saturated heterocycles. The zero-order chi connectivity index (χ0) is 3.58. The second-order valence-electron chi connectivity index (χ2n) is 0.247. The third-order valence-corrected chi connectivity index (χ3v) is 0. The average molecular weight is 324 g/mol. The molecule has 56 valence electrons. The summed E-state index contributed by atoms with van der Waals surface area (Å²) in [7, 11) is 14.8. The van der Waals surface area contributed by atoms with Crippen LogP contribution in [0.4, 0.5) is 0 Å². The van der Waals surface area contributed by atoms with E-state index in [0.717, 1.165) is 0 Å². The van der Waals surface area contributed by atoms with Crippen molar-refractivity contribution in [3.63, 3.8) is 0 Å². The van der Waals surface area contributed by atoms with Crippen molar-refractivity contribution in [2.45, 2.75) is 0 Å². The van der Waals surface area contributed by atoms with Gasteiger partial charge in [0.1, 0.15) is 0 Å². The molecule has 0 aromatic rings. The van der Waals surface area contributed by atoms with Crippen LogP contribution >= 0.6 is 30.1 Å². The van der Waals surface area contributed by atoms with E-state index in [1.165, 1.54) is 0 Å². The Balaban J connectivity index is -0.00000000300. The molecule has 0 amide bonds. The van der Waals surface area contributed by atoms with Gasteiger partial charge in [-0.2, -0.15) is 0 Å². The molecule has 0 spiro atoms. The topological polar surface area (TPSA) is 0 Å². The zero-order valence-electron chi connectivity index (χ0n) is 4.64. The second kappa shape index (κ2) is 38.1. The zero-order valence-corrected chi connectivity index (χ0v) is 13.9. The molecule has 0 saturated carbocycles. The Bertz CT molecular complexity index is 16.3. The molecule has 0 aliphatic rings. The first kappa shape index (κ1) is 48.0. The van der Waals surface area contributed by atoms with Crippen molar-refractivity contribution in [2.24, 2.45) is 0 Å². The molecule has 0 atom stereocenters. The fourth-order valence-electron chi connectivity index (χ4n) is 0. The Hall–Kier alpha value is 4.09. The largest absolute Gasteiger partial charge is 2.00 e. The second-order valence-corrected chi connectivity index (χ2v) is 6.68. The van der Waals surface area contributed by atoms with Crippen molar-refractivity contribution in [3.05, 3.63) is 0 Å². The van der Waals surface area contributed by atoms with E-state index in [2.05, 4.69) is 0 Å². The minimum Gasteiger partial charge on any atom is -1.00 e. The van der Waals surface area contributed by atoms with E-state index in [9.17, 15) is 0 Å². The molecule has 0 bridgehead atoms. The van der Waals surface area contributed by atoms with Gasteiger partial charge < -0.3 is 49.6 Å². The van der Waals surface area contributed by atoms with Gasteiger partial charge in [0.2, 0.25) is 0 Å². The molecule has 0 aromatic carbocycles. The molecule has 0 N–H and O–H groups in total. The van der Waals surface area contributed by atoms with Gasteiger partial charge in [-0.3, -0.25) is 0 Å². The summed E-state index contributed by atoms with van der Waals surface area (Å²) in [5.41, 5.74) is 0. The van der Waals surface area contributed by atoms with Crippen LogP contribution in [0.1, 0.15) is 0 Å². The van der Waals surface area contributed by atoms with Crippen LogP contribution in [0.3, 0.4) is 0 Å². The maximum atomic E-state index is 4.94. The quantitative estimate of drug-likeness (QED) is 0.389. The summed E-state index contributed by atoms with van der Waals surface area (Å²) < 4.78 is 0. The Morgan fingerprint density at radius 1 is 0.600 bits per heavy atom. The Kier molecular flexibility index (Phi) is 183. The Labute approximate surface area is 135 Å². The van der Waals surface area contributed by atoms with Crippen LogP contribution < -0.4 is 49.6 Å². The van der Waals surface area contributed by atoms with Gasteiger partial charge in [0.25, 0.3) is 0 Å². The van der Waals surface area contributed by atoms with Crippen LogP contribution in [0.25, 0.3) is 0 Å². The van der Waals surface area contributed by atoms with E-state index < -0.39 is 11.4 Å². The van der Waals surface area contributed by atoms with Crippen molar-refractivity contribution >= 4 is 87.6 Å². The maximum absolute atomic E-state index is 4.94. The Morgan fingerprint density at radius 3 is 0.600 bits per heavy atom. The molecule has 0 aliphatic carbocycles. The monoisotopic (exact) mass is 320 g/mol. The van der Waals surface area contributed by atoms with Crippen LogP contribution in [0.15, 0.2) is 0 Å². The van der Waals surface area contributed by atoms with Crippen molar-refractivity contribution < 1.29 is 49.6 Å². The molecule has 0 fully saturated rings. The summed E-state index contributed by atoms with van der Waals surface area (Å²) in [6, 6.07) is 0. The van der Waals surface area contributed by atoms with E-state index in [0.29, 0.717) is 0 Å². The minimum absolute atomic E-state index is 0.